The first-order valence-electron chi connectivity index (χ1n) is 13.8. The van der Waals surface area contributed by atoms with Crippen LogP contribution in [0.4, 0.5) is 4.79 Å². The topological polar surface area (TPSA) is 168 Å². The summed E-state index contributed by atoms with van der Waals surface area (Å²) < 4.78 is 5.35. The van der Waals surface area contributed by atoms with Gasteiger partial charge >= 0.3 is 6.09 Å². The number of ether oxygens (including phenoxy) is 1. The number of benzene rings is 3. The van der Waals surface area contributed by atoms with Crippen molar-refractivity contribution < 1.29 is 23.9 Å². The third-order valence-electron chi connectivity index (χ3n) is 6.66. The van der Waals surface area contributed by atoms with E-state index in [1.807, 2.05) is 91.0 Å². The van der Waals surface area contributed by atoms with Crippen molar-refractivity contribution in [1.82, 2.24) is 25.9 Å². The molecule has 11 heteroatoms. The van der Waals surface area contributed by atoms with Crippen molar-refractivity contribution in [3.8, 4) is 0 Å². The van der Waals surface area contributed by atoms with Crippen molar-refractivity contribution in [3.05, 3.63) is 126 Å². The third kappa shape index (κ3) is 9.85. The Morgan fingerprint density at radius 3 is 1.67 bits per heavy atom. The van der Waals surface area contributed by atoms with Crippen molar-refractivity contribution in [1.29, 1.82) is 0 Å². The van der Waals surface area contributed by atoms with Gasteiger partial charge < -0.3 is 31.4 Å². The summed E-state index contributed by atoms with van der Waals surface area (Å²) in [5, 5.41) is 8.05. The predicted molar refractivity (Wildman–Crippen MR) is 159 cm³/mol. The summed E-state index contributed by atoms with van der Waals surface area (Å²) in [6.07, 6.45) is 2.57. The van der Waals surface area contributed by atoms with Gasteiger partial charge in [0, 0.05) is 31.2 Å². The van der Waals surface area contributed by atoms with Crippen LogP contribution in [0.1, 0.15) is 22.4 Å². The molecule has 1 aromatic heterocycles. The van der Waals surface area contributed by atoms with E-state index in [-0.39, 0.29) is 25.9 Å². The van der Waals surface area contributed by atoms with E-state index in [1.54, 1.807) is 0 Å². The van der Waals surface area contributed by atoms with Gasteiger partial charge in [-0.2, -0.15) is 0 Å². The monoisotopic (exact) mass is 582 g/mol. The maximum Gasteiger partial charge on any atom is 0.408 e. The smallest absolute Gasteiger partial charge is 0.408 e. The Hall–Kier alpha value is -5.45. The summed E-state index contributed by atoms with van der Waals surface area (Å²) in [5.74, 6) is -1.94. The number of primary amides is 1. The quantitative estimate of drug-likeness (QED) is 0.153. The molecule has 4 rings (SSSR count). The molecule has 0 aliphatic heterocycles. The predicted octanol–water partition coefficient (Wildman–Crippen LogP) is 2.19. The van der Waals surface area contributed by atoms with Gasteiger partial charge in [-0.3, -0.25) is 14.4 Å². The van der Waals surface area contributed by atoms with Crippen LogP contribution in [0.15, 0.2) is 104 Å². The van der Waals surface area contributed by atoms with Gasteiger partial charge in [0.05, 0.1) is 6.33 Å². The van der Waals surface area contributed by atoms with Crippen LogP contribution >= 0.6 is 0 Å². The number of aromatic amines is 1. The molecule has 1 heterocycles. The Kier molecular flexibility index (Phi) is 11.0. The first kappa shape index (κ1) is 30.5. The van der Waals surface area contributed by atoms with Gasteiger partial charge in [0.15, 0.2) is 0 Å². The molecule has 3 atom stereocenters. The normalized spacial score (nSPS) is 12.7. The van der Waals surface area contributed by atoms with Crippen LogP contribution < -0.4 is 21.7 Å². The highest BCUT2D eigenvalue weighted by Crippen LogP contribution is 2.09. The Bertz CT molecular complexity index is 1470. The van der Waals surface area contributed by atoms with E-state index in [0.717, 1.165) is 16.7 Å². The van der Waals surface area contributed by atoms with Crippen LogP contribution in [-0.4, -0.2) is 51.9 Å². The molecule has 0 bridgehead atoms. The average Bonchev–Trinajstić information content (AvgIpc) is 3.54. The highest BCUT2D eigenvalue weighted by atomic mass is 16.5. The number of H-pyrrole nitrogens is 1. The summed E-state index contributed by atoms with van der Waals surface area (Å²) in [5.41, 5.74) is 8.57. The Morgan fingerprint density at radius 2 is 1.16 bits per heavy atom. The average molecular weight is 583 g/mol. The standard InChI is InChI=1S/C32H34N6O5/c33-29(39)26(16-22-10-4-1-5-11-22)36-31(41)28(18-25-19-34-21-35-25)37-30(40)27(17-23-12-6-2-7-13-23)38-32(42)43-20-24-14-8-3-9-15-24/h1-15,19,21,26-28H,16-18,20H2,(H2,33,39)(H,34,35)(H,36,41)(H,37,40)(H,38,42)/t26-,27-,28-/m0/s1. The second kappa shape index (κ2) is 15.5. The number of imidazole rings is 1. The van der Waals surface area contributed by atoms with Crippen molar-refractivity contribution in [3.63, 3.8) is 0 Å². The molecule has 6 N–H and O–H groups in total. The number of aromatic nitrogens is 2. The molecule has 0 saturated heterocycles. The molecule has 222 valence electrons. The minimum atomic E-state index is -1.12. The Morgan fingerprint density at radius 1 is 0.674 bits per heavy atom. The molecule has 4 aromatic rings. The summed E-state index contributed by atoms with van der Waals surface area (Å²) in [4.78, 5) is 59.0. The molecular formula is C32H34N6O5. The molecule has 3 aromatic carbocycles. The fourth-order valence-electron chi connectivity index (χ4n) is 4.41. The van der Waals surface area contributed by atoms with Crippen LogP contribution in [0.3, 0.4) is 0 Å². The lowest BCUT2D eigenvalue weighted by Crippen LogP contribution is -2.57. The van der Waals surface area contributed by atoms with Crippen molar-refractivity contribution in [2.75, 3.05) is 0 Å². The first-order chi connectivity index (χ1) is 20.9. The van der Waals surface area contributed by atoms with Crippen LogP contribution in [0.25, 0.3) is 0 Å². The molecule has 0 radical (unpaired) electrons. The van der Waals surface area contributed by atoms with E-state index in [2.05, 4.69) is 25.9 Å². The first-order valence-corrected chi connectivity index (χ1v) is 13.8. The number of nitrogens with zero attached hydrogens (tertiary/aromatic N) is 1. The number of amides is 4. The fraction of sp³-hybridized carbons (Fsp3) is 0.219. The SMILES string of the molecule is NC(=O)[C@H](Cc1ccccc1)NC(=O)[C@H](Cc1cnc[nH]1)NC(=O)[C@H](Cc1ccccc1)NC(=O)OCc1ccccc1. The maximum atomic E-state index is 13.6. The minimum Gasteiger partial charge on any atom is -0.445 e. The second-order valence-corrected chi connectivity index (χ2v) is 9.94. The van der Waals surface area contributed by atoms with E-state index in [0.29, 0.717) is 5.69 Å². The van der Waals surface area contributed by atoms with E-state index < -0.39 is 41.9 Å². The maximum absolute atomic E-state index is 13.6. The molecular weight excluding hydrogens is 548 g/mol. The highest BCUT2D eigenvalue weighted by molar-refractivity contribution is 5.94. The van der Waals surface area contributed by atoms with Gasteiger partial charge in [0.2, 0.25) is 17.7 Å². The van der Waals surface area contributed by atoms with Gasteiger partial charge in [-0.1, -0.05) is 91.0 Å². The lowest BCUT2D eigenvalue weighted by Gasteiger charge is -2.24. The molecule has 0 fully saturated rings. The number of hydrogen-bond acceptors (Lipinski definition) is 6. The lowest BCUT2D eigenvalue weighted by molar-refractivity contribution is -0.132. The van der Waals surface area contributed by atoms with Gasteiger partial charge in [0.25, 0.3) is 0 Å². The zero-order chi connectivity index (χ0) is 30.4. The number of nitrogens with one attached hydrogen (secondary N) is 4. The number of nitrogens with two attached hydrogens (primary N) is 1. The summed E-state index contributed by atoms with van der Waals surface area (Å²) >= 11 is 0. The molecule has 4 amide bonds. The van der Waals surface area contributed by atoms with E-state index in [9.17, 15) is 19.2 Å². The van der Waals surface area contributed by atoms with E-state index in [4.69, 9.17) is 10.5 Å². The molecule has 0 aliphatic rings. The van der Waals surface area contributed by atoms with Gasteiger partial charge in [-0.15, -0.1) is 0 Å². The van der Waals surface area contributed by atoms with Crippen LogP contribution in [0.2, 0.25) is 0 Å². The number of rotatable bonds is 14. The summed E-state index contributed by atoms with van der Waals surface area (Å²) in [7, 11) is 0. The van der Waals surface area contributed by atoms with Crippen molar-refractivity contribution >= 4 is 23.8 Å². The second-order valence-electron chi connectivity index (χ2n) is 9.94. The summed E-state index contributed by atoms with van der Waals surface area (Å²) in [6.45, 7) is 0.0210. The molecule has 0 spiro atoms. The molecule has 0 unspecified atom stereocenters. The van der Waals surface area contributed by atoms with Crippen LogP contribution in [0.5, 0.6) is 0 Å². The van der Waals surface area contributed by atoms with Crippen molar-refractivity contribution in [2.45, 2.75) is 44.0 Å². The van der Waals surface area contributed by atoms with Gasteiger partial charge in [-0.05, 0) is 16.7 Å². The summed E-state index contributed by atoms with van der Waals surface area (Å²) in [6, 6.07) is 24.2. The number of alkyl carbamates (subject to hydrolysis) is 1. The zero-order valence-electron chi connectivity index (χ0n) is 23.4. The largest absolute Gasteiger partial charge is 0.445 e. The van der Waals surface area contributed by atoms with Crippen LogP contribution in [0, 0.1) is 0 Å². The Labute approximate surface area is 249 Å². The molecule has 43 heavy (non-hydrogen) atoms. The van der Waals surface area contributed by atoms with Gasteiger partial charge in [-0.25, -0.2) is 9.78 Å². The van der Waals surface area contributed by atoms with Crippen LogP contribution in [-0.2, 0) is 45.0 Å². The van der Waals surface area contributed by atoms with E-state index in [1.165, 1.54) is 12.5 Å². The number of carbonyl (C=O) groups is 4. The highest BCUT2D eigenvalue weighted by Gasteiger charge is 2.30. The Balaban J connectivity index is 1.49. The number of carbonyl (C=O) groups excluding carboxylic acids is 4. The molecule has 0 aliphatic carbocycles. The lowest BCUT2D eigenvalue weighted by atomic mass is 10.0. The molecule has 0 saturated carbocycles. The van der Waals surface area contributed by atoms with E-state index >= 15 is 0 Å². The third-order valence-corrected chi connectivity index (χ3v) is 6.66. The van der Waals surface area contributed by atoms with Crippen molar-refractivity contribution in [2.24, 2.45) is 5.73 Å². The zero-order valence-corrected chi connectivity index (χ0v) is 23.4. The minimum absolute atomic E-state index is 0.0210. The molecule has 11 nitrogen and oxygen atoms in total. The van der Waals surface area contributed by atoms with Gasteiger partial charge in [0.1, 0.15) is 24.7 Å². The number of hydrogen-bond donors (Lipinski definition) is 5. The fourth-order valence-corrected chi connectivity index (χ4v) is 4.41.